The van der Waals surface area contributed by atoms with Crippen molar-refractivity contribution in [3.63, 3.8) is 0 Å². The summed E-state index contributed by atoms with van der Waals surface area (Å²) in [7, 11) is 0. The molecule has 0 aliphatic rings. The molecule has 10 aromatic rings. The van der Waals surface area contributed by atoms with E-state index in [1.807, 2.05) is 60.8 Å². The lowest BCUT2D eigenvalue weighted by atomic mass is 9.78. The molecule has 10 rings (SSSR count). The lowest BCUT2D eigenvalue weighted by molar-refractivity contribution is 0.479. The van der Waals surface area contributed by atoms with Crippen LogP contribution in [0.4, 0.5) is 0 Å². The van der Waals surface area contributed by atoms with Crippen molar-refractivity contribution in [1.82, 2.24) is 14.5 Å². The zero-order valence-corrected chi connectivity index (χ0v) is 37.5. The van der Waals surface area contributed by atoms with Crippen molar-refractivity contribution >= 4 is 11.0 Å². The summed E-state index contributed by atoms with van der Waals surface area (Å²) in [5, 5.41) is 12.2. The van der Waals surface area contributed by atoms with Crippen LogP contribution in [-0.2, 0) is 10.8 Å². The van der Waals surface area contributed by atoms with Gasteiger partial charge in [-0.05, 0) is 92.4 Å². The summed E-state index contributed by atoms with van der Waals surface area (Å²) in [5.41, 5.74) is 17.0. The second-order valence-electron chi connectivity index (χ2n) is 18.4. The fourth-order valence-corrected chi connectivity index (χ4v) is 9.09. The zero-order chi connectivity index (χ0) is 44.7. The van der Waals surface area contributed by atoms with E-state index in [1.54, 1.807) is 0 Å². The standard InChI is InChI=1S/C61H51N3O/c1-60(2,3)49-38-45(37-46(39-49)54-40-44(35-36-62-54)41-31-33-48(34-32-41)61(4,5)47-23-13-8-14-24-47)51-26-18-30-56-57(51)63-59(53-28-17-27-52(58(53)65)43-21-11-7-12-22-43)64(56)55-29-16-15-25-50(55)42-19-9-6-10-20-42/h6-40,65H,1-5H3. The maximum absolute atomic E-state index is 12.2. The smallest absolute Gasteiger partial charge is 0.149 e. The van der Waals surface area contributed by atoms with Crippen LogP contribution in [0.2, 0.25) is 0 Å². The third-order valence-electron chi connectivity index (χ3n) is 12.9. The van der Waals surface area contributed by atoms with Gasteiger partial charge in [0.2, 0.25) is 0 Å². The highest BCUT2D eigenvalue weighted by atomic mass is 16.3. The van der Waals surface area contributed by atoms with Gasteiger partial charge in [0.15, 0.2) is 0 Å². The fourth-order valence-electron chi connectivity index (χ4n) is 9.09. The van der Waals surface area contributed by atoms with Gasteiger partial charge in [0.25, 0.3) is 0 Å². The minimum Gasteiger partial charge on any atom is -0.507 e. The lowest BCUT2D eigenvalue weighted by Gasteiger charge is -2.26. The maximum Gasteiger partial charge on any atom is 0.149 e. The Morgan fingerprint density at radius 3 is 1.69 bits per heavy atom. The lowest BCUT2D eigenvalue weighted by Crippen LogP contribution is -2.18. The van der Waals surface area contributed by atoms with E-state index >= 15 is 0 Å². The molecule has 0 amide bonds. The highest BCUT2D eigenvalue weighted by molar-refractivity contribution is 5.98. The van der Waals surface area contributed by atoms with Gasteiger partial charge in [0.1, 0.15) is 11.6 Å². The summed E-state index contributed by atoms with van der Waals surface area (Å²) in [6.45, 7) is 11.3. The highest BCUT2D eigenvalue weighted by Crippen LogP contribution is 2.44. The topological polar surface area (TPSA) is 50.9 Å². The third kappa shape index (κ3) is 7.82. The van der Waals surface area contributed by atoms with Crippen molar-refractivity contribution < 1.29 is 5.11 Å². The number of phenols is 1. The normalized spacial score (nSPS) is 11.8. The molecule has 0 saturated heterocycles. The van der Waals surface area contributed by atoms with Crippen LogP contribution in [0.15, 0.2) is 212 Å². The number of phenolic OH excluding ortho intramolecular Hbond substituents is 1. The average molecular weight is 842 g/mol. The van der Waals surface area contributed by atoms with Crippen LogP contribution >= 0.6 is 0 Å². The van der Waals surface area contributed by atoms with Crippen molar-refractivity contribution in [2.75, 3.05) is 0 Å². The molecule has 1 N–H and O–H groups in total. The van der Waals surface area contributed by atoms with Crippen molar-refractivity contribution in [2.45, 2.75) is 45.4 Å². The predicted molar refractivity (Wildman–Crippen MR) is 270 cm³/mol. The molecule has 65 heavy (non-hydrogen) atoms. The molecular formula is C61H51N3O. The molecule has 0 aliphatic carbocycles. The summed E-state index contributed by atoms with van der Waals surface area (Å²) < 4.78 is 2.22. The predicted octanol–water partition coefficient (Wildman–Crippen LogP) is 15.8. The summed E-state index contributed by atoms with van der Waals surface area (Å²) in [6, 6.07) is 72.1. The zero-order valence-electron chi connectivity index (χ0n) is 37.5. The van der Waals surface area contributed by atoms with E-state index in [-0.39, 0.29) is 16.6 Å². The van der Waals surface area contributed by atoms with Crippen LogP contribution < -0.4 is 0 Å². The van der Waals surface area contributed by atoms with Crippen molar-refractivity contribution in [3.8, 4) is 78.6 Å². The highest BCUT2D eigenvalue weighted by Gasteiger charge is 2.25. The maximum atomic E-state index is 12.2. The van der Waals surface area contributed by atoms with E-state index in [0.29, 0.717) is 11.4 Å². The van der Waals surface area contributed by atoms with Gasteiger partial charge in [-0.3, -0.25) is 9.55 Å². The molecule has 0 fully saturated rings. The molecule has 4 nitrogen and oxygen atoms in total. The Balaban J connectivity index is 1.14. The quantitative estimate of drug-likeness (QED) is 0.157. The van der Waals surface area contributed by atoms with Crippen molar-refractivity contribution in [2.24, 2.45) is 0 Å². The van der Waals surface area contributed by atoms with E-state index in [1.165, 1.54) is 16.7 Å². The molecule has 316 valence electrons. The third-order valence-corrected chi connectivity index (χ3v) is 12.9. The van der Waals surface area contributed by atoms with Gasteiger partial charge in [0, 0.05) is 33.9 Å². The Labute approximate surface area is 382 Å². The van der Waals surface area contributed by atoms with Crippen LogP contribution in [-0.4, -0.2) is 19.6 Å². The van der Waals surface area contributed by atoms with E-state index in [0.717, 1.165) is 72.5 Å². The number of nitrogens with zero attached hydrogens (tertiary/aromatic N) is 3. The van der Waals surface area contributed by atoms with Gasteiger partial charge in [0.05, 0.1) is 28.0 Å². The van der Waals surface area contributed by atoms with Gasteiger partial charge in [-0.2, -0.15) is 0 Å². The Hall–Kier alpha value is -7.82. The number of para-hydroxylation sites is 3. The van der Waals surface area contributed by atoms with Crippen molar-refractivity contribution in [1.29, 1.82) is 0 Å². The van der Waals surface area contributed by atoms with Crippen LogP contribution in [0.25, 0.3) is 83.9 Å². The molecular weight excluding hydrogens is 791 g/mol. The molecule has 0 radical (unpaired) electrons. The Kier molecular flexibility index (Phi) is 10.6. The molecule has 2 heterocycles. The first-order valence-corrected chi connectivity index (χ1v) is 22.4. The summed E-state index contributed by atoms with van der Waals surface area (Å²) in [6.07, 6.45) is 1.92. The van der Waals surface area contributed by atoms with Crippen LogP contribution in [0, 0.1) is 0 Å². The molecule has 0 spiro atoms. The first-order valence-electron chi connectivity index (χ1n) is 22.4. The molecule has 4 heteroatoms. The second kappa shape index (κ2) is 16.7. The second-order valence-corrected chi connectivity index (χ2v) is 18.4. The number of pyridine rings is 1. The molecule has 2 aromatic heterocycles. The fraction of sp³-hybridized carbons (Fsp3) is 0.115. The Morgan fingerprint density at radius 1 is 0.415 bits per heavy atom. The van der Waals surface area contributed by atoms with Gasteiger partial charge < -0.3 is 5.11 Å². The summed E-state index contributed by atoms with van der Waals surface area (Å²) in [5.74, 6) is 0.845. The number of aromatic nitrogens is 3. The number of fused-ring (bicyclic) bond motifs is 1. The van der Waals surface area contributed by atoms with Crippen LogP contribution in [0.3, 0.4) is 0 Å². The molecule has 0 saturated carbocycles. The first-order chi connectivity index (χ1) is 31.5. The number of hydrogen-bond donors (Lipinski definition) is 1. The van der Waals surface area contributed by atoms with Gasteiger partial charge in [-0.1, -0.05) is 198 Å². The van der Waals surface area contributed by atoms with Crippen LogP contribution in [0.1, 0.15) is 51.3 Å². The molecule has 0 atom stereocenters. The Morgan fingerprint density at radius 2 is 0.985 bits per heavy atom. The van der Waals surface area contributed by atoms with Gasteiger partial charge >= 0.3 is 0 Å². The monoisotopic (exact) mass is 841 g/mol. The van der Waals surface area contributed by atoms with Crippen LogP contribution in [0.5, 0.6) is 5.75 Å². The van der Waals surface area contributed by atoms with Gasteiger partial charge in [-0.25, -0.2) is 4.98 Å². The first kappa shape index (κ1) is 41.2. The number of rotatable bonds is 9. The average Bonchev–Trinajstić information content (AvgIpc) is 3.74. The molecule has 0 unspecified atom stereocenters. The Bertz CT molecular complexity index is 3310. The number of imidazole rings is 1. The van der Waals surface area contributed by atoms with E-state index in [2.05, 4.69) is 191 Å². The van der Waals surface area contributed by atoms with Gasteiger partial charge in [-0.15, -0.1) is 0 Å². The van der Waals surface area contributed by atoms with E-state index in [4.69, 9.17) is 9.97 Å². The summed E-state index contributed by atoms with van der Waals surface area (Å²) >= 11 is 0. The minimum absolute atomic E-state index is 0.121. The van der Waals surface area contributed by atoms with E-state index < -0.39 is 0 Å². The van der Waals surface area contributed by atoms with E-state index in [9.17, 15) is 5.11 Å². The number of aromatic hydroxyl groups is 1. The number of benzene rings is 8. The molecule has 8 aromatic carbocycles. The molecule has 0 bridgehead atoms. The molecule has 0 aliphatic heterocycles. The SMILES string of the molecule is CC(C)(C)c1cc(-c2cc(-c3ccc(C(C)(C)c4ccccc4)cc3)ccn2)cc(-c2cccc3c2nc(-c2cccc(-c4ccccc4)c2O)n3-c2ccccc2-c2ccccc2)c1. The van der Waals surface area contributed by atoms with Crippen molar-refractivity contribution in [3.05, 3.63) is 229 Å². The largest absolute Gasteiger partial charge is 0.507 e. The summed E-state index contributed by atoms with van der Waals surface area (Å²) in [4.78, 5) is 10.5. The minimum atomic E-state index is -0.152. The number of hydrogen-bond acceptors (Lipinski definition) is 3.